The van der Waals surface area contributed by atoms with E-state index < -0.39 is 23.7 Å². The van der Waals surface area contributed by atoms with Crippen molar-refractivity contribution < 1.29 is 33.0 Å². The number of benzene rings is 2. The summed E-state index contributed by atoms with van der Waals surface area (Å²) in [5.41, 5.74) is 0.288. The van der Waals surface area contributed by atoms with Crippen molar-refractivity contribution in [2.45, 2.75) is 20.8 Å². The van der Waals surface area contributed by atoms with Crippen LogP contribution in [-0.4, -0.2) is 73.8 Å². The molecule has 0 bridgehead atoms. The van der Waals surface area contributed by atoms with Crippen LogP contribution in [0.3, 0.4) is 0 Å². The lowest BCUT2D eigenvalue weighted by Gasteiger charge is -2.17. The number of nitrogens with zero attached hydrogens (tertiary/aromatic N) is 3. The molecular formula is C27H31N3O8. The minimum Gasteiger partial charge on any atom is -0.463 e. The normalized spacial score (nSPS) is 10.6. The Balaban J connectivity index is 2.05. The molecule has 1 heterocycles. The molecule has 0 aliphatic rings. The first kappa shape index (κ1) is 28.0. The van der Waals surface area contributed by atoms with Crippen LogP contribution in [0.1, 0.15) is 20.8 Å². The summed E-state index contributed by atoms with van der Waals surface area (Å²) in [6.45, 7) is 6.67. The monoisotopic (exact) mass is 525 g/mol. The molecule has 3 amide bonds. The number of hydrogen-bond donors (Lipinski definition) is 0. The molecule has 3 rings (SSSR count). The van der Waals surface area contributed by atoms with Crippen molar-refractivity contribution in [1.29, 1.82) is 0 Å². The van der Waals surface area contributed by atoms with Gasteiger partial charge in [-0.15, -0.1) is 0 Å². The van der Waals surface area contributed by atoms with Gasteiger partial charge in [0.15, 0.2) is 5.75 Å². The SMILES string of the molecule is CCN(C)C(=O)Oc1ccc(-c2coc3cc(OC(=O)N(C)CC)cc(OC(=O)N(C)CC)c3c2=O)cc1. The first-order valence-corrected chi connectivity index (χ1v) is 12.1. The second-order valence-electron chi connectivity index (χ2n) is 8.44. The van der Waals surface area contributed by atoms with Crippen molar-refractivity contribution in [3.63, 3.8) is 0 Å². The average Bonchev–Trinajstić information content (AvgIpc) is 2.91. The second-order valence-corrected chi connectivity index (χ2v) is 8.44. The lowest BCUT2D eigenvalue weighted by atomic mass is 10.0. The molecule has 0 saturated heterocycles. The summed E-state index contributed by atoms with van der Waals surface area (Å²) in [5.74, 6) is 0.243. The number of amides is 3. The van der Waals surface area contributed by atoms with E-state index in [1.165, 1.54) is 33.1 Å². The minimum atomic E-state index is -0.698. The molecule has 0 fully saturated rings. The van der Waals surface area contributed by atoms with Gasteiger partial charge in [0, 0.05) is 52.9 Å². The highest BCUT2D eigenvalue weighted by atomic mass is 16.6. The molecule has 11 heteroatoms. The van der Waals surface area contributed by atoms with Crippen LogP contribution < -0.4 is 19.6 Å². The lowest BCUT2D eigenvalue weighted by Crippen LogP contribution is -2.30. The molecule has 1 aromatic heterocycles. The highest BCUT2D eigenvalue weighted by molar-refractivity contribution is 5.91. The summed E-state index contributed by atoms with van der Waals surface area (Å²) in [6, 6.07) is 9.03. The maximum absolute atomic E-state index is 13.6. The Bertz CT molecular complexity index is 1380. The number of carbonyl (C=O) groups is 3. The fourth-order valence-corrected chi connectivity index (χ4v) is 3.15. The van der Waals surface area contributed by atoms with E-state index in [1.807, 2.05) is 6.92 Å². The van der Waals surface area contributed by atoms with Gasteiger partial charge in [0.05, 0.1) is 5.56 Å². The molecule has 0 saturated carbocycles. The molecule has 202 valence electrons. The van der Waals surface area contributed by atoms with Crippen LogP contribution in [0, 0.1) is 0 Å². The minimum absolute atomic E-state index is 0.00377. The summed E-state index contributed by atoms with van der Waals surface area (Å²) in [7, 11) is 4.74. The summed E-state index contributed by atoms with van der Waals surface area (Å²) in [5, 5.41) is 0.00377. The third-order valence-electron chi connectivity index (χ3n) is 5.95. The molecule has 38 heavy (non-hydrogen) atoms. The van der Waals surface area contributed by atoms with Gasteiger partial charge in [-0.25, -0.2) is 14.4 Å². The standard InChI is InChI=1S/C27H31N3O8/c1-7-28(4)25(32)36-18-12-10-17(11-13-18)20-16-35-21-14-19(37-26(33)29(5)8-2)15-22(23(21)24(20)31)38-27(34)30(6)9-3/h10-16H,7-9H2,1-6H3. The van der Waals surface area contributed by atoms with E-state index in [1.54, 1.807) is 59.3 Å². The van der Waals surface area contributed by atoms with Gasteiger partial charge in [-0.05, 0) is 38.5 Å². The van der Waals surface area contributed by atoms with Gasteiger partial charge in [0.2, 0.25) is 5.43 Å². The van der Waals surface area contributed by atoms with Crippen LogP contribution in [0.5, 0.6) is 17.2 Å². The second kappa shape index (κ2) is 12.1. The molecule has 2 aromatic carbocycles. The maximum atomic E-state index is 13.6. The van der Waals surface area contributed by atoms with E-state index in [2.05, 4.69) is 0 Å². The van der Waals surface area contributed by atoms with E-state index in [0.717, 1.165) is 0 Å². The van der Waals surface area contributed by atoms with E-state index in [0.29, 0.717) is 30.9 Å². The number of carbonyl (C=O) groups excluding carboxylic acids is 3. The molecule has 0 aliphatic heterocycles. The van der Waals surface area contributed by atoms with Crippen LogP contribution >= 0.6 is 0 Å². The van der Waals surface area contributed by atoms with Crippen LogP contribution in [-0.2, 0) is 0 Å². The summed E-state index contributed by atoms with van der Waals surface area (Å²) < 4.78 is 21.9. The van der Waals surface area contributed by atoms with Crippen molar-refractivity contribution >= 4 is 29.2 Å². The smallest absolute Gasteiger partial charge is 0.414 e. The van der Waals surface area contributed by atoms with Crippen LogP contribution in [0.4, 0.5) is 14.4 Å². The van der Waals surface area contributed by atoms with Crippen LogP contribution in [0.15, 0.2) is 51.9 Å². The topological polar surface area (TPSA) is 119 Å². The zero-order chi connectivity index (χ0) is 28.0. The third kappa shape index (κ3) is 6.23. The van der Waals surface area contributed by atoms with E-state index in [4.69, 9.17) is 18.6 Å². The number of ether oxygens (including phenoxy) is 3. The largest absolute Gasteiger partial charge is 0.463 e. The highest BCUT2D eigenvalue weighted by Crippen LogP contribution is 2.32. The molecule has 0 N–H and O–H groups in total. The van der Waals surface area contributed by atoms with Gasteiger partial charge in [-0.2, -0.15) is 0 Å². The summed E-state index contributed by atoms with van der Waals surface area (Å²) >= 11 is 0. The molecule has 0 aliphatic carbocycles. The fraction of sp³-hybridized carbons (Fsp3) is 0.333. The van der Waals surface area contributed by atoms with Gasteiger partial charge in [0.1, 0.15) is 28.7 Å². The fourth-order valence-electron chi connectivity index (χ4n) is 3.15. The van der Waals surface area contributed by atoms with Gasteiger partial charge in [-0.1, -0.05) is 12.1 Å². The molecule has 0 spiro atoms. The van der Waals surface area contributed by atoms with E-state index >= 15 is 0 Å². The molecule has 0 unspecified atom stereocenters. The average molecular weight is 526 g/mol. The lowest BCUT2D eigenvalue weighted by molar-refractivity contribution is 0.163. The van der Waals surface area contributed by atoms with Crippen molar-refractivity contribution in [2.75, 3.05) is 40.8 Å². The Morgan fingerprint density at radius 1 is 0.737 bits per heavy atom. The number of rotatable bonds is 7. The quantitative estimate of drug-likeness (QED) is 0.431. The Hall–Kier alpha value is -4.54. The predicted molar refractivity (Wildman–Crippen MR) is 141 cm³/mol. The summed E-state index contributed by atoms with van der Waals surface area (Å²) in [4.78, 5) is 54.5. The highest BCUT2D eigenvalue weighted by Gasteiger charge is 2.21. The van der Waals surface area contributed by atoms with Crippen molar-refractivity contribution in [2.24, 2.45) is 0 Å². The maximum Gasteiger partial charge on any atom is 0.414 e. The van der Waals surface area contributed by atoms with Crippen molar-refractivity contribution in [1.82, 2.24) is 14.7 Å². The van der Waals surface area contributed by atoms with Crippen LogP contribution in [0.2, 0.25) is 0 Å². The number of fused-ring (bicyclic) bond motifs is 1. The van der Waals surface area contributed by atoms with E-state index in [-0.39, 0.29) is 28.0 Å². The summed E-state index contributed by atoms with van der Waals surface area (Å²) in [6.07, 6.45) is -0.560. The predicted octanol–water partition coefficient (Wildman–Crippen LogP) is 4.81. The molecule has 3 aromatic rings. The first-order chi connectivity index (χ1) is 18.1. The zero-order valence-corrected chi connectivity index (χ0v) is 22.3. The molecule has 0 radical (unpaired) electrons. The Morgan fingerprint density at radius 3 is 1.76 bits per heavy atom. The molecule has 0 atom stereocenters. The van der Waals surface area contributed by atoms with Crippen molar-refractivity contribution in [3.05, 3.63) is 52.9 Å². The Morgan fingerprint density at radius 2 is 1.24 bits per heavy atom. The molecule has 11 nitrogen and oxygen atoms in total. The zero-order valence-electron chi connectivity index (χ0n) is 22.3. The Labute approximate surface area is 220 Å². The Kier molecular flexibility index (Phi) is 8.95. The first-order valence-electron chi connectivity index (χ1n) is 12.1. The van der Waals surface area contributed by atoms with Gasteiger partial charge in [0.25, 0.3) is 0 Å². The third-order valence-corrected chi connectivity index (χ3v) is 5.95. The van der Waals surface area contributed by atoms with E-state index in [9.17, 15) is 19.2 Å². The van der Waals surface area contributed by atoms with Crippen LogP contribution in [0.25, 0.3) is 22.1 Å². The van der Waals surface area contributed by atoms with Crippen molar-refractivity contribution in [3.8, 4) is 28.4 Å². The molecular weight excluding hydrogens is 494 g/mol. The van der Waals surface area contributed by atoms with Gasteiger partial charge in [-0.3, -0.25) is 4.79 Å². The van der Waals surface area contributed by atoms with Gasteiger partial charge >= 0.3 is 18.3 Å². The van der Waals surface area contributed by atoms with Gasteiger partial charge < -0.3 is 33.3 Å². The number of hydrogen-bond acceptors (Lipinski definition) is 8.